The summed E-state index contributed by atoms with van der Waals surface area (Å²) in [5.41, 5.74) is 5.53. The molecule has 4 nitrogen and oxygen atoms in total. The van der Waals surface area contributed by atoms with Crippen LogP contribution in [0.5, 0.6) is 0 Å². The van der Waals surface area contributed by atoms with Crippen molar-refractivity contribution in [3.05, 3.63) is 39.8 Å². The number of aromatic amines is 1. The molecule has 0 aliphatic rings. The summed E-state index contributed by atoms with van der Waals surface area (Å²) in [6.45, 7) is 6.22. The van der Waals surface area contributed by atoms with Gasteiger partial charge in [0, 0.05) is 23.7 Å². The normalized spacial score (nSPS) is 11.2. The largest absolute Gasteiger partial charge is 0.303 e. The number of hydrogen-bond donors (Lipinski definition) is 1. The second-order valence-electron chi connectivity index (χ2n) is 5.18. The molecule has 0 saturated carbocycles. The van der Waals surface area contributed by atoms with E-state index in [2.05, 4.69) is 47.2 Å². The van der Waals surface area contributed by atoms with Gasteiger partial charge < -0.3 is 4.57 Å². The van der Waals surface area contributed by atoms with Crippen LogP contribution in [-0.2, 0) is 7.05 Å². The molecule has 0 bridgehead atoms. The van der Waals surface area contributed by atoms with Crippen LogP contribution >= 0.6 is 12.2 Å². The van der Waals surface area contributed by atoms with Gasteiger partial charge in [-0.2, -0.15) is 5.10 Å². The lowest BCUT2D eigenvalue weighted by Gasteiger charge is -2.10. The van der Waals surface area contributed by atoms with E-state index in [0.29, 0.717) is 4.77 Å². The van der Waals surface area contributed by atoms with Crippen LogP contribution in [0.3, 0.4) is 0 Å². The Morgan fingerprint density at radius 1 is 1.10 bits per heavy atom. The summed E-state index contributed by atoms with van der Waals surface area (Å²) >= 11 is 5.21. The van der Waals surface area contributed by atoms with Gasteiger partial charge in [0.2, 0.25) is 0 Å². The molecule has 0 radical (unpaired) electrons. The van der Waals surface area contributed by atoms with Crippen molar-refractivity contribution in [1.82, 2.24) is 19.7 Å². The molecular weight excluding hydrogens is 268 g/mol. The summed E-state index contributed by atoms with van der Waals surface area (Å²) in [6.07, 6.45) is 0. The van der Waals surface area contributed by atoms with Gasteiger partial charge in [-0.1, -0.05) is 0 Å². The minimum absolute atomic E-state index is 0.617. The predicted octanol–water partition coefficient (Wildman–Crippen LogP) is 3.62. The number of hydrogen-bond acceptors (Lipinski definition) is 3. The fourth-order valence-corrected chi connectivity index (χ4v) is 2.52. The van der Waals surface area contributed by atoms with Crippen LogP contribution in [0.2, 0.25) is 0 Å². The Bertz CT molecular complexity index is 873. The van der Waals surface area contributed by atoms with Crippen LogP contribution in [0.25, 0.3) is 22.3 Å². The quantitative estimate of drug-likeness (QED) is 0.694. The Morgan fingerprint density at radius 3 is 2.45 bits per heavy atom. The third-order valence-electron chi connectivity index (χ3n) is 3.67. The molecule has 0 atom stereocenters. The summed E-state index contributed by atoms with van der Waals surface area (Å²) in [5.74, 6) is 0.841. The molecule has 0 fully saturated rings. The number of fused-ring (bicyclic) bond motifs is 1. The molecule has 5 heteroatoms. The zero-order valence-corrected chi connectivity index (χ0v) is 12.8. The lowest BCUT2D eigenvalue weighted by atomic mass is 10.0. The summed E-state index contributed by atoms with van der Waals surface area (Å²) in [6, 6.07) is 6.36. The van der Waals surface area contributed by atoms with Gasteiger partial charge in [-0.3, -0.25) is 10.1 Å². The molecule has 3 aromatic rings. The van der Waals surface area contributed by atoms with E-state index in [1.165, 1.54) is 11.1 Å². The van der Waals surface area contributed by atoms with Crippen LogP contribution < -0.4 is 0 Å². The maximum absolute atomic E-state index is 5.21. The van der Waals surface area contributed by atoms with E-state index in [0.717, 1.165) is 28.0 Å². The van der Waals surface area contributed by atoms with Crippen LogP contribution in [0.15, 0.2) is 18.2 Å². The molecule has 3 rings (SSSR count). The third-order valence-corrected chi connectivity index (χ3v) is 4.04. The lowest BCUT2D eigenvalue weighted by Crippen LogP contribution is -1.97. The molecule has 1 N–H and O–H groups in total. The zero-order valence-electron chi connectivity index (χ0n) is 12.0. The monoisotopic (exact) mass is 284 g/mol. The smallest absolute Gasteiger partial charge is 0.195 e. The fourth-order valence-electron chi connectivity index (χ4n) is 2.39. The van der Waals surface area contributed by atoms with Gasteiger partial charge in [-0.15, -0.1) is 0 Å². The molecule has 2 aromatic heterocycles. The van der Waals surface area contributed by atoms with Gasteiger partial charge in [0.25, 0.3) is 0 Å². The average Bonchev–Trinajstić information content (AvgIpc) is 2.71. The summed E-state index contributed by atoms with van der Waals surface area (Å²) in [7, 11) is 1.92. The number of H-pyrrole nitrogens is 1. The topological polar surface area (TPSA) is 46.5 Å². The van der Waals surface area contributed by atoms with Crippen LogP contribution in [0.4, 0.5) is 0 Å². The first kappa shape index (κ1) is 13.0. The molecule has 0 unspecified atom stereocenters. The number of aryl methyl sites for hydroxylation is 3. The van der Waals surface area contributed by atoms with Gasteiger partial charge in [0.15, 0.2) is 10.6 Å². The van der Waals surface area contributed by atoms with Gasteiger partial charge in [0.05, 0.1) is 5.52 Å². The number of benzene rings is 1. The minimum Gasteiger partial charge on any atom is -0.303 e. The highest BCUT2D eigenvalue weighted by Crippen LogP contribution is 2.29. The Labute approximate surface area is 122 Å². The Morgan fingerprint density at radius 2 is 1.80 bits per heavy atom. The maximum atomic E-state index is 5.21. The number of aromatic nitrogens is 4. The first-order valence-electron chi connectivity index (χ1n) is 6.48. The van der Waals surface area contributed by atoms with Crippen molar-refractivity contribution in [3.63, 3.8) is 0 Å². The molecular formula is C15H16N4S. The van der Waals surface area contributed by atoms with E-state index in [-0.39, 0.29) is 0 Å². The predicted molar refractivity (Wildman–Crippen MR) is 83.3 cm³/mol. The Kier molecular flexibility index (Phi) is 2.94. The highest BCUT2D eigenvalue weighted by molar-refractivity contribution is 7.71. The number of pyridine rings is 1. The first-order chi connectivity index (χ1) is 9.47. The van der Waals surface area contributed by atoms with Crippen molar-refractivity contribution < 1.29 is 0 Å². The molecule has 1 aromatic carbocycles. The lowest BCUT2D eigenvalue weighted by molar-refractivity contribution is 0.902. The second kappa shape index (κ2) is 4.52. The van der Waals surface area contributed by atoms with Gasteiger partial charge in [0.1, 0.15) is 0 Å². The van der Waals surface area contributed by atoms with Crippen molar-refractivity contribution in [1.29, 1.82) is 0 Å². The van der Waals surface area contributed by atoms with E-state index in [1.807, 2.05) is 18.5 Å². The Balaban J connectivity index is 2.43. The van der Waals surface area contributed by atoms with Crippen molar-refractivity contribution in [2.75, 3.05) is 0 Å². The van der Waals surface area contributed by atoms with Crippen molar-refractivity contribution in [2.24, 2.45) is 7.05 Å². The van der Waals surface area contributed by atoms with Crippen molar-refractivity contribution >= 4 is 23.1 Å². The maximum Gasteiger partial charge on any atom is 0.195 e. The fraction of sp³-hybridized carbons (Fsp3) is 0.267. The van der Waals surface area contributed by atoms with E-state index in [1.54, 1.807) is 0 Å². The van der Waals surface area contributed by atoms with E-state index >= 15 is 0 Å². The Hall–Kier alpha value is -2.01. The molecule has 2 heterocycles. The molecule has 0 saturated heterocycles. The first-order valence-corrected chi connectivity index (χ1v) is 6.88. The van der Waals surface area contributed by atoms with Crippen LogP contribution in [0.1, 0.15) is 16.8 Å². The highest BCUT2D eigenvalue weighted by atomic mass is 32.1. The molecule has 0 aliphatic heterocycles. The number of nitrogens with one attached hydrogen (secondary N) is 1. The van der Waals surface area contributed by atoms with Crippen LogP contribution in [-0.4, -0.2) is 19.7 Å². The third kappa shape index (κ3) is 1.94. The van der Waals surface area contributed by atoms with Gasteiger partial charge in [-0.25, -0.2) is 0 Å². The average molecular weight is 284 g/mol. The second-order valence-corrected chi connectivity index (χ2v) is 5.56. The number of nitrogens with zero attached hydrogens (tertiary/aromatic N) is 3. The molecule has 20 heavy (non-hydrogen) atoms. The van der Waals surface area contributed by atoms with Gasteiger partial charge >= 0.3 is 0 Å². The van der Waals surface area contributed by atoms with E-state index in [9.17, 15) is 0 Å². The van der Waals surface area contributed by atoms with E-state index < -0.39 is 0 Å². The SMILES string of the molecule is Cc1cc(-c2n[nH]c(=S)n2C)c2cc(C)c(C)cc2n1. The van der Waals surface area contributed by atoms with Crippen molar-refractivity contribution in [2.45, 2.75) is 20.8 Å². The number of rotatable bonds is 1. The molecule has 0 aliphatic carbocycles. The summed E-state index contributed by atoms with van der Waals surface area (Å²) < 4.78 is 2.50. The molecule has 0 amide bonds. The standard InChI is InChI=1S/C15H16N4S/c1-8-5-11-12(14-17-18-15(20)19(14)4)7-10(3)16-13(11)6-9(8)2/h5-7H,1-4H3,(H,18,20). The summed E-state index contributed by atoms with van der Waals surface area (Å²) in [4.78, 5) is 4.63. The van der Waals surface area contributed by atoms with Crippen molar-refractivity contribution in [3.8, 4) is 11.4 Å². The minimum atomic E-state index is 0.617. The zero-order chi connectivity index (χ0) is 14.4. The molecule has 102 valence electrons. The van der Waals surface area contributed by atoms with E-state index in [4.69, 9.17) is 12.2 Å². The van der Waals surface area contributed by atoms with Gasteiger partial charge in [-0.05, 0) is 62.3 Å². The van der Waals surface area contributed by atoms with Crippen LogP contribution in [0, 0.1) is 25.5 Å². The highest BCUT2D eigenvalue weighted by Gasteiger charge is 2.12. The molecule has 0 spiro atoms. The summed E-state index contributed by atoms with van der Waals surface area (Å²) in [5, 5.41) is 8.30.